The van der Waals surface area contributed by atoms with Crippen molar-refractivity contribution in [2.45, 2.75) is 17.7 Å². The third-order valence-corrected chi connectivity index (χ3v) is 4.74. The van der Waals surface area contributed by atoms with Gasteiger partial charge in [-0.05, 0) is 25.0 Å². The number of hydrogen-bond donors (Lipinski definition) is 1. The third-order valence-electron chi connectivity index (χ3n) is 3.72. The number of nitrogens with two attached hydrogens (primary N) is 1. The van der Waals surface area contributed by atoms with E-state index in [1.165, 1.54) is 11.0 Å². The Balaban J connectivity index is 1.74. The lowest BCUT2D eigenvalue weighted by Gasteiger charge is -2.31. The minimum atomic E-state index is -0.597. The van der Waals surface area contributed by atoms with Crippen molar-refractivity contribution in [3.8, 4) is 0 Å². The maximum absolute atomic E-state index is 13.4. The Hall–Kier alpha value is -2.09. The Kier molecular flexibility index (Phi) is 6.60. The van der Waals surface area contributed by atoms with E-state index in [-0.39, 0.29) is 30.7 Å². The minimum absolute atomic E-state index is 0.0852. The number of hydrogen-bond acceptors (Lipinski definition) is 5. The Morgan fingerprint density at radius 3 is 2.79 bits per heavy atom. The van der Waals surface area contributed by atoms with Gasteiger partial charge in [-0.3, -0.25) is 14.4 Å². The zero-order chi connectivity index (χ0) is 17.5. The lowest BCUT2D eigenvalue weighted by atomic mass is 9.97. The normalized spacial score (nSPS) is 17.4. The molecule has 1 saturated heterocycles. The second-order valence-corrected chi connectivity index (χ2v) is 6.48. The molecule has 1 aromatic rings. The van der Waals surface area contributed by atoms with E-state index in [1.807, 2.05) is 0 Å². The van der Waals surface area contributed by atoms with Gasteiger partial charge >= 0.3 is 5.97 Å². The van der Waals surface area contributed by atoms with E-state index in [2.05, 4.69) is 0 Å². The van der Waals surface area contributed by atoms with Gasteiger partial charge in [0, 0.05) is 18.0 Å². The van der Waals surface area contributed by atoms with E-state index in [1.54, 1.807) is 18.2 Å². The van der Waals surface area contributed by atoms with Crippen LogP contribution in [-0.4, -0.2) is 48.1 Å². The SMILES string of the molecule is NC(=O)[C@H]1CCCN(C(=O)COC(=O)CSc2ccccc2F)C1. The fourth-order valence-corrected chi connectivity index (χ4v) is 3.15. The molecule has 1 heterocycles. The second-order valence-electron chi connectivity index (χ2n) is 5.46. The summed E-state index contributed by atoms with van der Waals surface area (Å²) in [6.07, 6.45) is 1.36. The van der Waals surface area contributed by atoms with Crippen molar-refractivity contribution < 1.29 is 23.5 Å². The van der Waals surface area contributed by atoms with Gasteiger partial charge in [-0.2, -0.15) is 0 Å². The molecule has 0 aromatic heterocycles. The highest BCUT2D eigenvalue weighted by Crippen LogP contribution is 2.21. The van der Waals surface area contributed by atoms with Crippen LogP contribution in [0.1, 0.15) is 12.8 Å². The van der Waals surface area contributed by atoms with Crippen LogP contribution >= 0.6 is 11.8 Å². The molecule has 0 aliphatic carbocycles. The molecule has 0 saturated carbocycles. The van der Waals surface area contributed by atoms with E-state index >= 15 is 0 Å². The number of nitrogens with zero attached hydrogens (tertiary/aromatic N) is 1. The van der Waals surface area contributed by atoms with Crippen molar-refractivity contribution in [1.29, 1.82) is 0 Å². The molecule has 8 heteroatoms. The van der Waals surface area contributed by atoms with Crippen LogP contribution in [0.4, 0.5) is 4.39 Å². The van der Waals surface area contributed by atoms with E-state index in [0.29, 0.717) is 24.3 Å². The molecule has 0 bridgehead atoms. The number of carbonyl (C=O) groups excluding carboxylic acids is 3. The maximum atomic E-state index is 13.4. The number of piperidine rings is 1. The fraction of sp³-hybridized carbons (Fsp3) is 0.438. The Morgan fingerprint density at radius 1 is 1.33 bits per heavy atom. The summed E-state index contributed by atoms with van der Waals surface area (Å²) in [4.78, 5) is 36.7. The minimum Gasteiger partial charge on any atom is -0.455 e. The number of carbonyl (C=O) groups is 3. The smallest absolute Gasteiger partial charge is 0.316 e. The van der Waals surface area contributed by atoms with Crippen molar-refractivity contribution in [3.63, 3.8) is 0 Å². The summed E-state index contributed by atoms with van der Waals surface area (Å²) in [6.45, 7) is 0.391. The van der Waals surface area contributed by atoms with Gasteiger partial charge in [-0.15, -0.1) is 11.8 Å². The number of benzene rings is 1. The van der Waals surface area contributed by atoms with Crippen molar-refractivity contribution in [2.24, 2.45) is 11.7 Å². The van der Waals surface area contributed by atoms with Crippen LogP contribution in [0.3, 0.4) is 0 Å². The largest absolute Gasteiger partial charge is 0.455 e. The Bertz CT molecular complexity index is 626. The van der Waals surface area contributed by atoms with Crippen LogP contribution < -0.4 is 5.73 Å². The van der Waals surface area contributed by atoms with Crippen LogP contribution in [0.5, 0.6) is 0 Å². The van der Waals surface area contributed by atoms with Gasteiger partial charge in [-0.1, -0.05) is 12.1 Å². The molecule has 0 radical (unpaired) electrons. The topological polar surface area (TPSA) is 89.7 Å². The molecular formula is C16H19FN2O4S. The van der Waals surface area contributed by atoms with Gasteiger partial charge in [0.25, 0.3) is 5.91 Å². The van der Waals surface area contributed by atoms with Crippen molar-refractivity contribution in [2.75, 3.05) is 25.4 Å². The van der Waals surface area contributed by atoms with Crippen molar-refractivity contribution in [1.82, 2.24) is 4.90 Å². The lowest BCUT2D eigenvalue weighted by Crippen LogP contribution is -2.45. The van der Waals surface area contributed by atoms with Crippen molar-refractivity contribution >= 4 is 29.5 Å². The molecule has 0 spiro atoms. The van der Waals surface area contributed by atoms with Crippen LogP contribution in [0.15, 0.2) is 29.2 Å². The summed E-state index contributed by atoms with van der Waals surface area (Å²) in [7, 11) is 0. The molecule has 1 atom stereocenters. The highest BCUT2D eigenvalue weighted by atomic mass is 32.2. The quantitative estimate of drug-likeness (QED) is 0.612. The lowest BCUT2D eigenvalue weighted by molar-refractivity contribution is -0.151. The molecule has 1 aliphatic rings. The molecular weight excluding hydrogens is 335 g/mol. The van der Waals surface area contributed by atoms with E-state index in [4.69, 9.17) is 10.5 Å². The molecule has 24 heavy (non-hydrogen) atoms. The number of thioether (sulfide) groups is 1. The third kappa shape index (κ3) is 5.23. The van der Waals surface area contributed by atoms with Crippen LogP contribution in [0.2, 0.25) is 0 Å². The maximum Gasteiger partial charge on any atom is 0.316 e. The molecule has 1 fully saturated rings. The summed E-state index contributed by atoms with van der Waals surface area (Å²) in [5.41, 5.74) is 5.26. The Labute approximate surface area is 143 Å². The Morgan fingerprint density at radius 2 is 2.08 bits per heavy atom. The number of likely N-dealkylation sites (tertiary alicyclic amines) is 1. The van der Waals surface area contributed by atoms with E-state index in [0.717, 1.165) is 11.8 Å². The number of halogens is 1. The second kappa shape index (κ2) is 8.68. The first-order valence-corrected chi connectivity index (χ1v) is 8.56. The average molecular weight is 354 g/mol. The van der Waals surface area contributed by atoms with Gasteiger partial charge in [0.15, 0.2) is 6.61 Å². The molecule has 2 amide bonds. The summed E-state index contributed by atoms with van der Waals surface area (Å²) in [5.74, 6) is -2.22. The number of amides is 2. The number of esters is 1. The predicted octanol–water partition coefficient (Wildman–Crippen LogP) is 1.18. The number of ether oxygens (including phenoxy) is 1. The standard InChI is InChI=1S/C16H19FN2O4S/c17-12-5-1-2-6-13(12)24-10-15(21)23-9-14(20)19-7-3-4-11(8-19)16(18)22/h1-2,5-6,11H,3-4,7-10H2,(H2,18,22)/t11-/m0/s1. The highest BCUT2D eigenvalue weighted by Gasteiger charge is 2.27. The van der Waals surface area contributed by atoms with Gasteiger partial charge in [-0.25, -0.2) is 4.39 Å². The molecule has 130 valence electrons. The van der Waals surface area contributed by atoms with E-state index < -0.39 is 17.7 Å². The molecule has 6 nitrogen and oxygen atoms in total. The van der Waals surface area contributed by atoms with Crippen molar-refractivity contribution in [3.05, 3.63) is 30.1 Å². The summed E-state index contributed by atoms with van der Waals surface area (Å²) >= 11 is 1.01. The predicted molar refractivity (Wildman–Crippen MR) is 86.6 cm³/mol. The first-order valence-electron chi connectivity index (χ1n) is 7.57. The average Bonchev–Trinajstić information content (AvgIpc) is 2.59. The molecule has 1 aliphatic heterocycles. The molecule has 0 unspecified atom stereocenters. The summed E-state index contributed by atoms with van der Waals surface area (Å²) in [6, 6.07) is 6.11. The molecule has 1 aromatic carbocycles. The van der Waals surface area contributed by atoms with E-state index in [9.17, 15) is 18.8 Å². The first-order chi connectivity index (χ1) is 11.5. The molecule has 2 N–H and O–H groups in total. The van der Waals surface area contributed by atoms with Crippen LogP contribution in [-0.2, 0) is 19.1 Å². The van der Waals surface area contributed by atoms with Gasteiger partial charge in [0.2, 0.25) is 5.91 Å². The monoisotopic (exact) mass is 354 g/mol. The zero-order valence-corrected chi connectivity index (χ0v) is 13.9. The van der Waals surface area contributed by atoms with Gasteiger partial charge < -0.3 is 15.4 Å². The first kappa shape index (κ1) is 18.3. The highest BCUT2D eigenvalue weighted by molar-refractivity contribution is 8.00. The molecule has 2 rings (SSSR count). The van der Waals surface area contributed by atoms with Gasteiger partial charge in [0.05, 0.1) is 11.7 Å². The number of primary amides is 1. The summed E-state index contributed by atoms with van der Waals surface area (Å²) in [5, 5.41) is 0. The number of rotatable bonds is 6. The zero-order valence-electron chi connectivity index (χ0n) is 13.1. The van der Waals surface area contributed by atoms with Crippen LogP contribution in [0, 0.1) is 11.7 Å². The fourth-order valence-electron chi connectivity index (χ4n) is 2.41. The summed E-state index contributed by atoms with van der Waals surface area (Å²) < 4.78 is 18.4. The van der Waals surface area contributed by atoms with Crippen LogP contribution in [0.25, 0.3) is 0 Å². The van der Waals surface area contributed by atoms with Gasteiger partial charge in [0.1, 0.15) is 5.82 Å².